The molecule has 1 aromatic rings. The van der Waals surface area contributed by atoms with Crippen LogP contribution >= 0.6 is 0 Å². The van der Waals surface area contributed by atoms with E-state index in [0.29, 0.717) is 17.9 Å². The summed E-state index contributed by atoms with van der Waals surface area (Å²) in [4.78, 5) is 7.47. The minimum absolute atomic E-state index is 0.381. The van der Waals surface area contributed by atoms with Crippen LogP contribution in [0.5, 0.6) is 0 Å². The van der Waals surface area contributed by atoms with Crippen LogP contribution in [0.4, 0.5) is 0 Å². The normalized spacial score (nSPS) is 26.2. The van der Waals surface area contributed by atoms with E-state index in [0.717, 1.165) is 45.7 Å². The first-order valence-electron chi connectivity index (χ1n) is 8.50. The molecule has 2 aliphatic rings. The number of ether oxygens (including phenoxy) is 2. The van der Waals surface area contributed by atoms with Gasteiger partial charge in [0, 0.05) is 45.0 Å². The molecule has 0 amide bonds. The van der Waals surface area contributed by atoms with Crippen molar-refractivity contribution in [1.82, 2.24) is 9.88 Å². The molecule has 1 aromatic heterocycles. The van der Waals surface area contributed by atoms with Gasteiger partial charge in [0.15, 0.2) is 0 Å². The molecule has 0 N–H and O–H groups in total. The summed E-state index contributed by atoms with van der Waals surface area (Å²) < 4.78 is 11.1. The Kier molecular flexibility index (Phi) is 5.11. The van der Waals surface area contributed by atoms with Crippen molar-refractivity contribution in [2.24, 2.45) is 0 Å². The van der Waals surface area contributed by atoms with Gasteiger partial charge in [0.25, 0.3) is 0 Å². The molecule has 0 radical (unpaired) electrons. The molecular weight excluding hydrogens is 276 g/mol. The van der Waals surface area contributed by atoms with Crippen molar-refractivity contribution in [1.29, 1.82) is 0 Å². The second-order valence-corrected chi connectivity index (χ2v) is 6.87. The van der Waals surface area contributed by atoms with Crippen LogP contribution in [0.15, 0.2) is 12.1 Å². The third-order valence-corrected chi connectivity index (χ3v) is 4.93. The van der Waals surface area contributed by atoms with Crippen molar-refractivity contribution in [3.63, 3.8) is 0 Å². The molecule has 3 rings (SSSR count). The maximum atomic E-state index is 5.59. The van der Waals surface area contributed by atoms with Gasteiger partial charge in [-0.2, -0.15) is 0 Å². The maximum absolute atomic E-state index is 5.59. The molecule has 4 heteroatoms. The number of aromatic nitrogens is 1. The summed E-state index contributed by atoms with van der Waals surface area (Å²) in [5, 5.41) is 0. The maximum Gasteiger partial charge on any atom is 0.0710 e. The molecule has 122 valence electrons. The predicted octanol–water partition coefficient (Wildman–Crippen LogP) is 2.93. The van der Waals surface area contributed by atoms with Crippen molar-refractivity contribution >= 4 is 0 Å². The molecule has 0 saturated carbocycles. The Morgan fingerprint density at radius 1 is 1.36 bits per heavy atom. The van der Waals surface area contributed by atoms with Crippen molar-refractivity contribution in [2.75, 3.05) is 33.4 Å². The molecule has 3 heterocycles. The molecule has 2 saturated heterocycles. The SMILES string of the molecule is COC1CCN(Cc2nc(C(C)C)ccc2C2CCOC2)C1. The Labute approximate surface area is 133 Å². The number of rotatable bonds is 5. The van der Waals surface area contributed by atoms with Crippen LogP contribution in [0.1, 0.15) is 55.5 Å². The Morgan fingerprint density at radius 3 is 2.86 bits per heavy atom. The zero-order valence-corrected chi connectivity index (χ0v) is 14.0. The summed E-state index contributed by atoms with van der Waals surface area (Å²) in [6.07, 6.45) is 2.63. The van der Waals surface area contributed by atoms with E-state index in [1.807, 2.05) is 7.11 Å². The van der Waals surface area contributed by atoms with Gasteiger partial charge < -0.3 is 9.47 Å². The van der Waals surface area contributed by atoms with Crippen molar-refractivity contribution in [3.05, 3.63) is 29.1 Å². The fourth-order valence-electron chi connectivity index (χ4n) is 3.47. The first kappa shape index (κ1) is 15.9. The molecule has 0 aliphatic carbocycles. The highest BCUT2D eigenvalue weighted by Gasteiger charge is 2.26. The second kappa shape index (κ2) is 7.07. The summed E-state index contributed by atoms with van der Waals surface area (Å²) in [5.74, 6) is 0.988. The van der Waals surface area contributed by atoms with Crippen LogP contribution < -0.4 is 0 Å². The largest absolute Gasteiger partial charge is 0.381 e. The lowest BCUT2D eigenvalue weighted by Gasteiger charge is -2.21. The average molecular weight is 304 g/mol. The fraction of sp³-hybridized carbons (Fsp3) is 0.722. The second-order valence-electron chi connectivity index (χ2n) is 6.87. The first-order chi connectivity index (χ1) is 10.7. The van der Waals surface area contributed by atoms with Crippen LogP contribution in [-0.4, -0.2) is 49.4 Å². The molecular formula is C18H28N2O2. The smallest absolute Gasteiger partial charge is 0.0710 e. The lowest BCUT2D eigenvalue weighted by molar-refractivity contribution is 0.107. The zero-order valence-electron chi connectivity index (χ0n) is 14.0. The number of methoxy groups -OCH3 is 1. The Balaban J connectivity index is 1.80. The van der Waals surface area contributed by atoms with Crippen LogP contribution in [0.3, 0.4) is 0 Å². The zero-order chi connectivity index (χ0) is 15.5. The monoisotopic (exact) mass is 304 g/mol. The molecule has 4 nitrogen and oxygen atoms in total. The summed E-state index contributed by atoms with van der Waals surface area (Å²) >= 11 is 0. The van der Waals surface area contributed by atoms with Gasteiger partial charge in [-0.25, -0.2) is 0 Å². The number of hydrogen-bond acceptors (Lipinski definition) is 4. The van der Waals surface area contributed by atoms with Crippen molar-refractivity contribution in [3.8, 4) is 0 Å². The minimum atomic E-state index is 0.381. The highest BCUT2D eigenvalue weighted by molar-refractivity contribution is 5.29. The molecule has 22 heavy (non-hydrogen) atoms. The molecule has 0 spiro atoms. The quantitative estimate of drug-likeness (QED) is 0.838. The van der Waals surface area contributed by atoms with Crippen molar-refractivity contribution in [2.45, 2.75) is 51.2 Å². The van der Waals surface area contributed by atoms with E-state index >= 15 is 0 Å². The Bertz CT molecular complexity index is 498. The summed E-state index contributed by atoms with van der Waals surface area (Å²) in [6.45, 7) is 9.20. The van der Waals surface area contributed by atoms with Gasteiger partial charge in [0.2, 0.25) is 0 Å². The van der Waals surface area contributed by atoms with E-state index in [2.05, 4.69) is 30.9 Å². The Morgan fingerprint density at radius 2 is 2.23 bits per heavy atom. The third-order valence-electron chi connectivity index (χ3n) is 4.93. The highest BCUT2D eigenvalue weighted by atomic mass is 16.5. The van der Waals surface area contributed by atoms with Gasteiger partial charge in [-0.3, -0.25) is 9.88 Å². The van der Waals surface area contributed by atoms with E-state index in [1.165, 1.54) is 17.0 Å². The Hall–Kier alpha value is -0.970. The molecule has 2 aliphatic heterocycles. The van der Waals surface area contributed by atoms with Crippen LogP contribution in [-0.2, 0) is 16.0 Å². The van der Waals surface area contributed by atoms with E-state index in [-0.39, 0.29) is 0 Å². The topological polar surface area (TPSA) is 34.6 Å². The molecule has 2 atom stereocenters. The van der Waals surface area contributed by atoms with Gasteiger partial charge >= 0.3 is 0 Å². The van der Waals surface area contributed by atoms with Gasteiger partial charge in [0.05, 0.1) is 18.4 Å². The van der Waals surface area contributed by atoms with E-state index in [4.69, 9.17) is 14.5 Å². The minimum Gasteiger partial charge on any atom is -0.381 e. The number of hydrogen-bond donors (Lipinski definition) is 0. The average Bonchev–Trinajstić information content (AvgIpc) is 3.18. The first-order valence-corrected chi connectivity index (χ1v) is 8.50. The number of likely N-dealkylation sites (tertiary alicyclic amines) is 1. The lowest BCUT2D eigenvalue weighted by Crippen LogP contribution is -2.24. The van der Waals surface area contributed by atoms with Gasteiger partial charge in [-0.15, -0.1) is 0 Å². The third kappa shape index (κ3) is 3.50. The van der Waals surface area contributed by atoms with E-state index in [9.17, 15) is 0 Å². The van der Waals surface area contributed by atoms with Crippen LogP contribution in [0, 0.1) is 0 Å². The highest BCUT2D eigenvalue weighted by Crippen LogP contribution is 2.30. The van der Waals surface area contributed by atoms with Crippen LogP contribution in [0.25, 0.3) is 0 Å². The van der Waals surface area contributed by atoms with Gasteiger partial charge in [-0.1, -0.05) is 19.9 Å². The lowest BCUT2D eigenvalue weighted by atomic mass is 9.95. The molecule has 2 fully saturated rings. The van der Waals surface area contributed by atoms with E-state index < -0.39 is 0 Å². The fourth-order valence-corrected chi connectivity index (χ4v) is 3.47. The molecule has 0 bridgehead atoms. The predicted molar refractivity (Wildman–Crippen MR) is 87.2 cm³/mol. The number of pyridine rings is 1. The molecule has 0 aromatic carbocycles. The summed E-state index contributed by atoms with van der Waals surface area (Å²) in [6, 6.07) is 4.49. The molecule has 2 unspecified atom stereocenters. The van der Waals surface area contributed by atoms with Gasteiger partial charge in [0.1, 0.15) is 0 Å². The summed E-state index contributed by atoms with van der Waals surface area (Å²) in [5.41, 5.74) is 3.83. The standard InChI is InChI=1S/C18H28N2O2/c1-13(2)17-5-4-16(14-7-9-22-12-14)18(19-17)11-20-8-6-15(10-20)21-3/h4-5,13-15H,6-12H2,1-3H3. The van der Waals surface area contributed by atoms with Crippen molar-refractivity contribution < 1.29 is 9.47 Å². The van der Waals surface area contributed by atoms with Crippen LogP contribution in [0.2, 0.25) is 0 Å². The van der Waals surface area contributed by atoms with E-state index in [1.54, 1.807) is 0 Å². The van der Waals surface area contributed by atoms with Gasteiger partial charge in [-0.05, 0) is 30.4 Å². The summed E-state index contributed by atoms with van der Waals surface area (Å²) in [7, 11) is 1.81. The number of nitrogens with zero attached hydrogens (tertiary/aromatic N) is 2.